The van der Waals surface area contributed by atoms with Crippen molar-refractivity contribution in [1.82, 2.24) is 0 Å². The van der Waals surface area contributed by atoms with Crippen LogP contribution in [0.1, 0.15) is 26.7 Å². The maximum Gasteiger partial charge on any atom is 0.0683 e. The molecule has 4 heteroatoms. The van der Waals surface area contributed by atoms with Crippen LogP contribution >= 0.6 is 11.8 Å². The Morgan fingerprint density at radius 1 is 1.50 bits per heavy atom. The summed E-state index contributed by atoms with van der Waals surface area (Å²) in [6.07, 6.45) is 2.01. The molecule has 0 radical (unpaired) electrons. The van der Waals surface area contributed by atoms with Gasteiger partial charge in [0.2, 0.25) is 0 Å². The second kappa shape index (κ2) is 5.90. The number of hydrogen-bond acceptors (Lipinski definition) is 4. The van der Waals surface area contributed by atoms with Gasteiger partial charge in [0.05, 0.1) is 31.3 Å². The molecular weight excluding hydrogens is 222 g/mol. The summed E-state index contributed by atoms with van der Waals surface area (Å²) in [5, 5.41) is 18.1. The summed E-state index contributed by atoms with van der Waals surface area (Å²) in [6, 6.07) is 2.31. The lowest BCUT2D eigenvalue weighted by atomic mass is 9.90. The SMILES string of the molecule is CC(C)(C#N)CCCSCC1(CO)COC1. The van der Waals surface area contributed by atoms with Gasteiger partial charge in [-0.1, -0.05) is 0 Å². The van der Waals surface area contributed by atoms with Crippen LogP contribution in [0.15, 0.2) is 0 Å². The van der Waals surface area contributed by atoms with Gasteiger partial charge in [-0.05, 0) is 32.4 Å². The van der Waals surface area contributed by atoms with Crippen molar-refractivity contribution < 1.29 is 9.84 Å². The van der Waals surface area contributed by atoms with Gasteiger partial charge in [-0.25, -0.2) is 0 Å². The van der Waals surface area contributed by atoms with E-state index < -0.39 is 0 Å². The molecule has 1 fully saturated rings. The Bertz CT molecular complexity index is 251. The fourth-order valence-corrected chi connectivity index (χ4v) is 2.76. The number of aliphatic hydroxyl groups excluding tert-OH is 1. The largest absolute Gasteiger partial charge is 0.396 e. The highest BCUT2D eigenvalue weighted by Gasteiger charge is 2.37. The van der Waals surface area contributed by atoms with Gasteiger partial charge in [-0.2, -0.15) is 17.0 Å². The topological polar surface area (TPSA) is 53.2 Å². The zero-order valence-corrected chi connectivity index (χ0v) is 11.0. The molecule has 0 aromatic rings. The van der Waals surface area contributed by atoms with Crippen LogP contribution in [0.2, 0.25) is 0 Å². The van der Waals surface area contributed by atoms with Crippen LogP contribution in [0.25, 0.3) is 0 Å². The van der Waals surface area contributed by atoms with Gasteiger partial charge in [0.15, 0.2) is 0 Å². The summed E-state index contributed by atoms with van der Waals surface area (Å²) in [5.41, 5.74) is -0.176. The summed E-state index contributed by atoms with van der Waals surface area (Å²) < 4.78 is 5.14. The van der Waals surface area contributed by atoms with E-state index in [9.17, 15) is 5.11 Å². The van der Waals surface area contributed by atoms with Crippen LogP contribution in [0.3, 0.4) is 0 Å². The Morgan fingerprint density at radius 2 is 2.19 bits per heavy atom. The molecule has 0 unspecified atom stereocenters. The summed E-state index contributed by atoms with van der Waals surface area (Å²) in [7, 11) is 0. The van der Waals surface area contributed by atoms with Gasteiger partial charge in [0.1, 0.15) is 0 Å². The van der Waals surface area contributed by atoms with E-state index in [0.717, 1.165) is 24.3 Å². The van der Waals surface area contributed by atoms with Crippen molar-refractivity contribution in [3.8, 4) is 6.07 Å². The average Bonchev–Trinajstić information content (AvgIpc) is 2.21. The summed E-state index contributed by atoms with van der Waals surface area (Å²) >= 11 is 1.86. The lowest BCUT2D eigenvalue weighted by Gasteiger charge is -2.39. The van der Waals surface area contributed by atoms with E-state index >= 15 is 0 Å². The Morgan fingerprint density at radius 3 is 2.62 bits per heavy atom. The van der Waals surface area contributed by atoms with Gasteiger partial charge in [0, 0.05) is 11.2 Å². The molecule has 1 N–H and O–H groups in total. The van der Waals surface area contributed by atoms with E-state index in [4.69, 9.17) is 10.00 Å². The Kier molecular flexibility index (Phi) is 5.10. The lowest BCUT2D eigenvalue weighted by Crippen LogP contribution is -2.47. The van der Waals surface area contributed by atoms with E-state index in [1.54, 1.807) is 0 Å². The minimum Gasteiger partial charge on any atom is -0.396 e. The molecule has 0 bridgehead atoms. The summed E-state index contributed by atoms with van der Waals surface area (Å²) in [5.74, 6) is 2.03. The molecule has 3 nitrogen and oxygen atoms in total. The first-order valence-electron chi connectivity index (χ1n) is 5.71. The van der Waals surface area contributed by atoms with Crippen LogP contribution in [0.5, 0.6) is 0 Å². The van der Waals surface area contributed by atoms with Crippen molar-refractivity contribution in [1.29, 1.82) is 5.26 Å². The lowest BCUT2D eigenvalue weighted by molar-refractivity contribution is -0.121. The fourth-order valence-electron chi connectivity index (χ4n) is 1.57. The third kappa shape index (κ3) is 3.97. The highest BCUT2D eigenvalue weighted by Crippen LogP contribution is 2.31. The van der Waals surface area contributed by atoms with Gasteiger partial charge < -0.3 is 9.84 Å². The number of thioether (sulfide) groups is 1. The van der Waals surface area contributed by atoms with Crippen molar-refractivity contribution >= 4 is 11.8 Å². The second-order valence-electron chi connectivity index (χ2n) is 5.30. The summed E-state index contributed by atoms with van der Waals surface area (Å²) in [4.78, 5) is 0. The molecule has 0 aromatic carbocycles. The van der Waals surface area contributed by atoms with Gasteiger partial charge >= 0.3 is 0 Å². The van der Waals surface area contributed by atoms with Gasteiger partial charge in [0.25, 0.3) is 0 Å². The van der Waals surface area contributed by atoms with E-state index in [0.29, 0.717) is 13.2 Å². The molecule has 1 saturated heterocycles. The predicted molar refractivity (Wildman–Crippen MR) is 66.3 cm³/mol. The van der Waals surface area contributed by atoms with E-state index in [-0.39, 0.29) is 17.4 Å². The van der Waals surface area contributed by atoms with Crippen LogP contribution in [-0.4, -0.2) is 36.4 Å². The molecule has 0 atom stereocenters. The van der Waals surface area contributed by atoms with E-state index in [2.05, 4.69) is 6.07 Å². The first kappa shape index (κ1) is 13.8. The molecule has 0 aliphatic carbocycles. The molecule has 0 saturated carbocycles. The van der Waals surface area contributed by atoms with Crippen LogP contribution in [-0.2, 0) is 4.74 Å². The van der Waals surface area contributed by atoms with Crippen molar-refractivity contribution in [2.24, 2.45) is 10.8 Å². The zero-order chi connectivity index (χ0) is 12.1. The molecule has 1 rings (SSSR count). The smallest absolute Gasteiger partial charge is 0.0683 e. The number of nitrogens with zero attached hydrogens (tertiary/aromatic N) is 1. The number of rotatable bonds is 7. The number of hydrogen-bond donors (Lipinski definition) is 1. The minimum atomic E-state index is -0.200. The quantitative estimate of drug-likeness (QED) is 0.695. The molecule has 0 aromatic heterocycles. The Balaban J connectivity index is 2.06. The number of aliphatic hydroxyl groups is 1. The van der Waals surface area contributed by atoms with Crippen LogP contribution < -0.4 is 0 Å². The Hall–Kier alpha value is -0.240. The van der Waals surface area contributed by atoms with Crippen molar-refractivity contribution in [3.05, 3.63) is 0 Å². The minimum absolute atomic E-state index is 0.0232. The maximum absolute atomic E-state index is 9.22. The molecule has 1 aliphatic rings. The third-order valence-electron chi connectivity index (χ3n) is 2.95. The van der Waals surface area contributed by atoms with Gasteiger partial charge in [-0.3, -0.25) is 0 Å². The molecule has 0 spiro atoms. The highest BCUT2D eigenvalue weighted by atomic mass is 32.2. The molecule has 16 heavy (non-hydrogen) atoms. The van der Waals surface area contributed by atoms with E-state index in [1.165, 1.54) is 0 Å². The van der Waals surface area contributed by atoms with Crippen LogP contribution in [0, 0.1) is 22.2 Å². The molecule has 0 amide bonds. The standard InChI is InChI=1S/C12H21NO2S/c1-11(2,6-13)4-3-5-16-10-12(7-14)8-15-9-12/h14H,3-5,7-10H2,1-2H3. The summed E-state index contributed by atoms with van der Waals surface area (Å²) in [6.45, 7) is 5.57. The first-order valence-corrected chi connectivity index (χ1v) is 6.87. The fraction of sp³-hybridized carbons (Fsp3) is 0.917. The predicted octanol–water partition coefficient (Wildman–Crippen LogP) is 2.06. The maximum atomic E-state index is 9.22. The van der Waals surface area contributed by atoms with Crippen molar-refractivity contribution in [2.45, 2.75) is 26.7 Å². The average molecular weight is 243 g/mol. The van der Waals surface area contributed by atoms with Crippen molar-refractivity contribution in [2.75, 3.05) is 31.3 Å². The first-order chi connectivity index (χ1) is 7.54. The van der Waals surface area contributed by atoms with Crippen LogP contribution in [0.4, 0.5) is 0 Å². The molecule has 92 valence electrons. The molecule has 1 aliphatic heterocycles. The van der Waals surface area contributed by atoms with E-state index in [1.807, 2.05) is 25.6 Å². The zero-order valence-electron chi connectivity index (χ0n) is 10.2. The monoisotopic (exact) mass is 243 g/mol. The Labute approximate surface area is 102 Å². The third-order valence-corrected chi connectivity index (χ3v) is 4.35. The number of ether oxygens (including phenoxy) is 1. The highest BCUT2D eigenvalue weighted by molar-refractivity contribution is 7.99. The normalized spacial score (nSPS) is 18.9. The molecule has 1 heterocycles. The number of nitriles is 1. The molecular formula is C12H21NO2S. The second-order valence-corrected chi connectivity index (χ2v) is 6.41. The van der Waals surface area contributed by atoms with Gasteiger partial charge in [-0.15, -0.1) is 0 Å². The van der Waals surface area contributed by atoms with Crippen molar-refractivity contribution in [3.63, 3.8) is 0 Å².